The maximum absolute atomic E-state index is 10.8. The predicted molar refractivity (Wildman–Crippen MR) is 112 cm³/mol. The summed E-state index contributed by atoms with van der Waals surface area (Å²) in [6.45, 7) is 19.7. The number of hydrogen-bond acceptors (Lipinski definition) is 2. The molecule has 1 saturated carbocycles. The molecule has 1 aliphatic carbocycles. The van der Waals surface area contributed by atoms with Crippen LogP contribution in [0.5, 0.6) is 0 Å². The minimum Gasteiger partial charge on any atom is -0.407 e. The number of aliphatic hydroxyl groups is 1. The van der Waals surface area contributed by atoms with Crippen molar-refractivity contribution in [2.75, 3.05) is 0 Å². The Balaban J connectivity index is 3.19. The Morgan fingerprint density at radius 1 is 1.12 bits per heavy atom. The van der Waals surface area contributed by atoms with Crippen molar-refractivity contribution in [1.29, 1.82) is 0 Å². The summed E-state index contributed by atoms with van der Waals surface area (Å²) in [6, 6.07) is 3.49. The van der Waals surface area contributed by atoms with Gasteiger partial charge in [-0.25, -0.2) is 0 Å². The molecule has 1 fully saturated rings. The van der Waals surface area contributed by atoms with E-state index in [2.05, 4.69) is 55.0 Å². The maximum atomic E-state index is 10.8. The third kappa shape index (κ3) is 5.08. The molecule has 0 saturated heterocycles. The highest BCUT2D eigenvalue weighted by Gasteiger charge is 2.48. The van der Waals surface area contributed by atoms with Crippen molar-refractivity contribution in [2.24, 2.45) is 5.92 Å². The van der Waals surface area contributed by atoms with Crippen LogP contribution in [-0.4, -0.2) is 25.1 Å². The molecule has 146 valence electrons. The van der Waals surface area contributed by atoms with Gasteiger partial charge in [0.15, 0.2) is 8.32 Å². The second-order valence-electron chi connectivity index (χ2n) is 8.39. The molecule has 0 heterocycles. The molecule has 1 aliphatic rings. The van der Waals surface area contributed by atoms with Crippen molar-refractivity contribution in [3.63, 3.8) is 0 Å². The molecular weight excluding hydrogens is 324 g/mol. The Morgan fingerprint density at radius 3 is 2.12 bits per heavy atom. The molecule has 1 N–H and O–H groups in total. The van der Waals surface area contributed by atoms with Gasteiger partial charge in [-0.3, -0.25) is 0 Å². The van der Waals surface area contributed by atoms with Crippen LogP contribution < -0.4 is 0 Å². The van der Waals surface area contributed by atoms with Gasteiger partial charge in [-0.2, -0.15) is 0 Å². The Kier molecular flexibility index (Phi) is 8.63. The molecule has 25 heavy (non-hydrogen) atoms. The van der Waals surface area contributed by atoms with E-state index in [4.69, 9.17) is 4.43 Å². The molecule has 0 aromatic heterocycles. The average Bonchev–Trinajstić information content (AvgIpc) is 2.60. The van der Waals surface area contributed by atoms with Gasteiger partial charge in [-0.1, -0.05) is 45.8 Å². The first-order chi connectivity index (χ1) is 11.7. The molecule has 3 atom stereocenters. The minimum atomic E-state index is -1.74. The predicted octanol–water partition coefficient (Wildman–Crippen LogP) is 6.62. The van der Waals surface area contributed by atoms with E-state index in [1.165, 1.54) is 24.0 Å². The Morgan fingerprint density at radius 2 is 1.68 bits per heavy atom. The van der Waals surface area contributed by atoms with Gasteiger partial charge in [0.2, 0.25) is 0 Å². The molecule has 1 rings (SSSR count). The zero-order valence-corrected chi connectivity index (χ0v) is 18.9. The molecule has 0 spiro atoms. The Labute approximate surface area is 157 Å². The van der Waals surface area contributed by atoms with Gasteiger partial charge < -0.3 is 9.53 Å². The van der Waals surface area contributed by atoms with Crippen LogP contribution in [0.2, 0.25) is 18.1 Å². The van der Waals surface area contributed by atoms with Crippen LogP contribution >= 0.6 is 0 Å². The van der Waals surface area contributed by atoms with E-state index in [9.17, 15) is 5.11 Å². The summed E-state index contributed by atoms with van der Waals surface area (Å²) in [5, 5.41) is 10.8. The smallest absolute Gasteiger partial charge is 0.193 e. The van der Waals surface area contributed by atoms with Gasteiger partial charge >= 0.3 is 0 Å². The topological polar surface area (TPSA) is 29.5 Å². The van der Waals surface area contributed by atoms with Crippen LogP contribution in [0.15, 0.2) is 23.3 Å². The summed E-state index contributed by atoms with van der Waals surface area (Å²) in [4.78, 5) is 0. The number of hydrogen-bond donors (Lipinski definition) is 1. The highest BCUT2D eigenvalue weighted by Crippen LogP contribution is 2.47. The van der Waals surface area contributed by atoms with E-state index in [0.717, 1.165) is 43.0 Å². The Bertz CT molecular complexity index is 466. The van der Waals surface area contributed by atoms with Gasteiger partial charge in [0, 0.05) is 0 Å². The second kappa shape index (κ2) is 9.52. The Hall–Kier alpha value is -0.383. The maximum Gasteiger partial charge on any atom is 0.193 e. The van der Waals surface area contributed by atoms with Gasteiger partial charge in [-0.05, 0) is 82.2 Å². The van der Waals surface area contributed by atoms with E-state index in [-0.39, 0.29) is 11.7 Å². The molecule has 0 radical (unpaired) electrons. The number of allylic oxidation sites excluding steroid dienone is 1. The molecule has 3 heteroatoms. The van der Waals surface area contributed by atoms with Crippen LogP contribution in [0, 0.1) is 5.92 Å². The molecule has 0 aliphatic heterocycles. The molecule has 0 amide bonds. The van der Waals surface area contributed by atoms with Crippen molar-refractivity contribution in [3.05, 3.63) is 23.3 Å². The zero-order valence-electron chi connectivity index (χ0n) is 17.9. The molecule has 0 aromatic carbocycles. The molecule has 2 nitrogen and oxygen atoms in total. The summed E-state index contributed by atoms with van der Waals surface area (Å²) in [5.74, 6) is 0.375. The van der Waals surface area contributed by atoms with E-state index in [1.807, 2.05) is 0 Å². The summed E-state index contributed by atoms with van der Waals surface area (Å²) < 4.78 is 7.14. The largest absolute Gasteiger partial charge is 0.407 e. The van der Waals surface area contributed by atoms with Crippen LogP contribution in [0.25, 0.3) is 0 Å². The van der Waals surface area contributed by atoms with Gasteiger partial charge in [0.1, 0.15) is 0 Å². The standard InChI is InChI=1S/C22H42O2Si/c1-9-25(10-2,11-3)24-22(18(6)7)15-13-12-14-20(22)16-21(23)19(8)17(4)5/h20-21,23H,6,9-16H2,1-5,7-8H3/t20-,21?,22+/m1/s1. The third-order valence-electron chi connectivity index (χ3n) is 6.86. The van der Waals surface area contributed by atoms with Gasteiger partial charge in [0.05, 0.1) is 11.7 Å². The van der Waals surface area contributed by atoms with Crippen molar-refractivity contribution >= 4 is 8.32 Å². The molecule has 0 aromatic rings. The first-order valence-electron chi connectivity index (χ1n) is 10.4. The fourth-order valence-electron chi connectivity index (χ4n) is 4.44. The van der Waals surface area contributed by atoms with Crippen LogP contribution in [0.4, 0.5) is 0 Å². The van der Waals surface area contributed by atoms with Crippen molar-refractivity contribution in [3.8, 4) is 0 Å². The quantitative estimate of drug-likeness (QED) is 0.367. The summed E-state index contributed by atoms with van der Waals surface area (Å²) in [5.41, 5.74) is 3.29. The summed E-state index contributed by atoms with van der Waals surface area (Å²) in [7, 11) is -1.74. The van der Waals surface area contributed by atoms with Gasteiger partial charge in [0.25, 0.3) is 0 Å². The second-order valence-corrected chi connectivity index (χ2v) is 13.1. The number of aliphatic hydroxyl groups excluding tert-OH is 1. The van der Waals surface area contributed by atoms with Crippen molar-refractivity contribution < 1.29 is 9.53 Å². The van der Waals surface area contributed by atoms with Crippen molar-refractivity contribution in [2.45, 2.75) is 110 Å². The molecule has 1 unspecified atom stereocenters. The van der Waals surface area contributed by atoms with Crippen LogP contribution in [0.1, 0.15) is 80.6 Å². The third-order valence-corrected chi connectivity index (χ3v) is 11.5. The lowest BCUT2D eigenvalue weighted by molar-refractivity contribution is -0.0190. The first-order valence-corrected chi connectivity index (χ1v) is 12.9. The molecular formula is C22H42O2Si. The van der Waals surface area contributed by atoms with E-state index in [0.29, 0.717) is 5.92 Å². The van der Waals surface area contributed by atoms with Crippen LogP contribution in [0.3, 0.4) is 0 Å². The van der Waals surface area contributed by atoms with E-state index >= 15 is 0 Å². The lowest BCUT2D eigenvalue weighted by Crippen LogP contribution is -2.53. The summed E-state index contributed by atoms with van der Waals surface area (Å²) >= 11 is 0. The fraction of sp³-hybridized carbons (Fsp3) is 0.818. The van der Waals surface area contributed by atoms with Gasteiger partial charge in [-0.15, -0.1) is 0 Å². The average molecular weight is 367 g/mol. The number of rotatable bonds is 9. The normalized spacial score (nSPS) is 25.5. The molecule has 0 bridgehead atoms. The highest BCUT2D eigenvalue weighted by molar-refractivity contribution is 6.73. The summed E-state index contributed by atoms with van der Waals surface area (Å²) in [6.07, 6.45) is 5.09. The zero-order chi connectivity index (χ0) is 19.3. The lowest BCUT2D eigenvalue weighted by Gasteiger charge is -2.50. The lowest BCUT2D eigenvalue weighted by atomic mass is 9.69. The van der Waals surface area contributed by atoms with E-state index in [1.54, 1.807) is 0 Å². The minimum absolute atomic E-state index is 0.227. The fourth-order valence-corrected chi connectivity index (χ4v) is 7.59. The van der Waals surface area contributed by atoms with Crippen molar-refractivity contribution in [1.82, 2.24) is 0 Å². The van der Waals surface area contributed by atoms with E-state index < -0.39 is 8.32 Å². The highest BCUT2D eigenvalue weighted by atomic mass is 28.4. The van der Waals surface area contributed by atoms with Crippen LogP contribution in [-0.2, 0) is 4.43 Å². The monoisotopic (exact) mass is 366 g/mol. The first kappa shape index (κ1) is 22.7. The SMILES string of the molecule is C=C(C)[C@@]1(O[Si](CC)(CC)CC)CCCC[C@@H]1CC(O)C(C)=C(C)C.